The first-order valence-electron chi connectivity index (χ1n) is 6.53. The molecule has 3 nitrogen and oxygen atoms in total. The maximum absolute atomic E-state index is 6.00. The molecule has 3 heteroatoms. The van der Waals surface area contributed by atoms with Crippen LogP contribution in [0.4, 0.5) is 5.69 Å². The van der Waals surface area contributed by atoms with Gasteiger partial charge < -0.3 is 15.0 Å². The first-order valence-corrected chi connectivity index (χ1v) is 6.53. The molecule has 0 radical (unpaired) electrons. The molecule has 1 aromatic rings. The third-order valence-electron chi connectivity index (χ3n) is 3.91. The molecule has 0 amide bonds. The summed E-state index contributed by atoms with van der Waals surface area (Å²) < 4.78 is 6.00. The predicted molar refractivity (Wildman–Crippen MR) is 69.8 cm³/mol. The summed E-state index contributed by atoms with van der Waals surface area (Å²) in [5.41, 5.74) is 2.61. The van der Waals surface area contributed by atoms with Gasteiger partial charge in [-0.25, -0.2) is 0 Å². The molecule has 0 spiro atoms. The van der Waals surface area contributed by atoms with Gasteiger partial charge in [0.05, 0.1) is 5.69 Å². The van der Waals surface area contributed by atoms with Crippen LogP contribution in [0.2, 0.25) is 0 Å². The van der Waals surface area contributed by atoms with Crippen LogP contribution in [0.15, 0.2) is 18.2 Å². The quantitative estimate of drug-likeness (QED) is 0.864. The Morgan fingerprint density at radius 1 is 1.47 bits per heavy atom. The second-order valence-electron chi connectivity index (χ2n) is 5.05. The highest BCUT2D eigenvalue weighted by atomic mass is 16.5. The highest BCUT2D eigenvalue weighted by molar-refractivity contribution is 5.65. The second-order valence-corrected chi connectivity index (χ2v) is 5.05. The Morgan fingerprint density at radius 2 is 2.41 bits per heavy atom. The molecule has 1 fully saturated rings. The standard InChI is InChI=1S/C14H20N2O/c1-16-9-3-5-12(16)10-17-13-6-2-4-11-7-8-15-14(11)13/h2,4,6,12,15H,3,5,7-10H2,1H3. The van der Waals surface area contributed by atoms with Crippen molar-refractivity contribution in [2.75, 3.05) is 32.1 Å². The molecule has 2 aliphatic rings. The molecule has 17 heavy (non-hydrogen) atoms. The minimum absolute atomic E-state index is 0.590. The number of nitrogens with one attached hydrogen (secondary N) is 1. The summed E-state index contributed by atoms with van der Waals surface area (Å²) >= 11 is 0. The first-order chi connectivity index (χ1) is 8.34. The lowest BCUT2D eigenvalue weighted by Gasteiger charge is -2.20. The van der Waals surface area contributed by atoms with E-state index in [9.17, 15) is 0 Å². The Balaban J connectivity index is 1.67. The van der Waals surface area contributed by atoms with Crippen LogP contribution in [0.5, 0.6) is 5.75 Å². The monoisotopic (exact) mass is 232 g/mol. The molecule has 2 heterocycles. The van der Waals surface area contributed by atoms with Crippen molar-refractivity contribution in [3.8, 4) is 5.75 Å². The van der Waals surface area contributed by atoms with E-state index < -0.39 is 0 Å². The van der Waals surface area contributed by atoms with E-state index in [0.29, 0.717) is 6.04 Å². The molecule has 2 aliphatic heterocycles. The van der Waals surface area contributed by atoms with E-state index in [2.05, 4.69) is 35.5 Å². The van der Waals surface area contributed by atoms with E-state index in [1.54, 1.807) is 0 Å². The molecule has 1 atom stereocenters. The largest absolute Gasteiger partial charge is 0.490 e. The van der Waals surface area contributed by atoms with Crippen LogP contribution in [0, 0.1) is 0 Å². The maximum Gasteiger partial charge on any atom is 0.142 e. The van der Waals surface area contributed by atoms with Crippen molar-refractivity contribution in [2.45, 2.75) is 25.3 Å². The Bertz CT molecular complexity index is 405. The summed E-state index contributed by atoms with van der Waals surface area (Å²) in [5.74, 6) is 1.03. The molecule has 1 aromatic carbocycles. The summed E-state index contributed by atoms with van der Waals surface area (Å²) in [6, 6.07) is 6.95. The van der Waals surface area contributed by atoms with Gasteiger partial charge in [0.2, 0.25) is 0 Å². The van der Waals surface area contributed by atoms with Crippen LogP contribution in [-0.2, 0) is 6.42 Å². The average Bonchev–Trinajstić information content (AvgIpc) is 2.95. The fourth-order valence-electron chi connectivity index (χ4n) is 2.80. The molecule has 1 unspecified atom stereocenters. The van der Waals surface area contributed by atoms with Crippen molar-refractivity contribution < 1.29 is 4.74 Å². The van der Waals surface area contributed by atoms with Gasteiger partial charge in [-0.1, -0.05) is 12.1 Å². The minimum atomic E-state index is 0.590. The van der Waals surface area contributed by atoms with Crippen molar-refractivity contribution in [3.05, 3.63) is 23.8 Å². The van der Waals surface area contributed by atoms with E-state index in [-0.39, 0.29) is 0 Å². The van der Waals surface area contributed by atoms with Crippen LogP contribution in [0.3, 0.4) is 0 Å². The van der Waals surface area contributed by atoms with E-state index in [1.165, 1.54) is 30.6 Å². The maximum atomic E-state index is 6.00. The molecule has 0 saturated carbocycles. The van der Waals surface area contributed by atoms with Gasteiger partial charge in [-0.3, -0.25) is 0 Å². The van der Waals surface area contributed by atoms with Crippen LogP contribution >= 0.6 is 0 Å². The van der Waals surface area contributed by atoms with Gasteiger partial charge in [0, 0.05) is 12.6 Å². The summed E-state index contributed by atoms with van der Waals surface area (Å²) in [5, 5.41) is 3.42. The van der Waals surface area contributed by atoms with E-state index in [1.807, 2.05) is 0 Å². The average molecular weight is 232 g/mol. The molecule has 92 valence electrons. The molecule has 0 aromatic heterocycles. The molecule has 1 saturated heterocycles. The highest BCUT2D eigenvalue weighted by Gasteiger charge is 2.22. The smallest absolute Gasteiger partial charge is 0.142 e. The SMILES string of the molecule is CN1CCCC1COc1cccc2c1NCC2. The summed E-state index contributed by atoms with van der Waals surface area (Å²) in [6.45, 7) is 3.06. The minimum Gasteiger partial charge on any atom is -0.490 e. The van der Waals surface area contributed by atoms with E-state index >= 15 is 0 Å². The van der Waals surface area contributed by atoms with Crippen molar-refractivity contribution in [3.63, 3.8) is 0 Å². The zero-order chi connectivity index (χ0) is 11.7. The Hall–Kier alpha value is -1.22. The highest BCUT2D eigenvalue weighted by Crippen LogP contribution is 2.32. The van der Waals surface area contributed by atoms with Gasteiger partial charge in [-0.05, 0) is 44.5 Å². The Labute approximate surface area is 103 Å². The number of likely N-dealkylation sites (tertiary alicyclic amines) is 1. The number of ether oxygens (including phenoxy) is 1. The number of para-hydroxylation sites is 1. The molecular weight excluding hydrogens is 212 g/mol. The Kier molecular flexibility index (Phi) is 2.93. The number of benzene rings is 1. The first kappa shape index (κ1) is 10.9. The number of hydrogen-bond donors (Lipinski definition) is 1. The van der Waals surface area contributed by atoms with Gasteiger partial charge in [-0.2, -0.15) is 0 Å². The fourth-order valence-corrected chi connectivity index (χ4v) is 2.80. The van der Waals surface area contributed by atoms with Gasteiger partial charge in [0.15, 0.2) is 0 Å². The van der Waals surface area contributed by atoms with Crippen molar-refractivity contribution >= 4 is 5.69 Å². The predicted octanol–water partition coefficient (Wildman–Crippen LogP) is 2.13. The number of fused-ring (bicyclic) bond motifs is 1. The molecule has 3 rings (SSSR count). The normalized spacial score (nSPS) is 23.5. The van der Waals surface area contributed by atoms with Crippen LogP contribution < -0.4 is 10.1 Å². The zero-order valence-corrected chi connectivity index (χ0v) is 10.4. The van der Waals surface area contributed by atoms with Gasteiger partial charge in [0.25, 0.3) is 0 Å². The number of nitrogens with zero attached hydrogens (tertiary/aromatic N) is 1. The van der Waals surface area contributed by atoms with Gasteiger partial charge in [-0.15, -0.1) is 0 Å². The number of likely N-dealkylation sites (N-methyl/N-ethyl adjacent to an activating group) is 1. The van der Waals surface area contributed by atoms with Gasteiger partial charge >= 0.3 is 0 Å². The van der Waals surface area contributed by atoms with Crippen LogP contribution in [0.25, 0.3) is 0 Å². The number of hydrogen-bond acceptors (Lipinski definition) is 3. The number of rotatable bonds is 3. The molecule has 0 bridgehead atoms. The molecular formula is C14H20N2O. The lowest BCUT2D eigenvalue weighted by atomic mass is 10.1. The number of anilines is 1. The van der Waals surface area contributed by atoms with Crippen molar-refractivity contribution in [1.29, 1.82) is 0 Å². The lowest BCUT2D eigenvalue weighted by molar-refractivity contribution is 0.199. The van der Waals surface area contributed by atoms with Crippen molar-refractivity contribution in [2.24, 2.45) is 0 Å². The Morgan fingerprint density at radius 3 is 3.24 bits per heavy atom. The van der Waals surface area contributed by atoms with Crippen LogP contribution in [0.1, 0.15) is 18.4 Å². The summed E-state index contributed by atoms with van der Waals surface area (Å²) in [4.78, 5) is 2.40. The third kappa shape index (κ3) is 2.12. The summed E-state index contributed by atoms with van der Waals surface area (Å²) in [7, 11) is 2.19. The molecule has 0 aliphatic carbocycles. The van der Waals surface area contributed by atoms with Crippen molar-refractivity contribution in [1.82, 2.24) is 4.90 Å². The van der Waals surface area contributed by atoms with E-state index in [4.69, 9.17) is 4.74 Å². The van der Waals surface area contributed by atoms with Gasteiger partial charge in [0.1, 0.15) is 12.4 Å². The fraction of sp³-hybridized carbons (Fsp3) is 0.571. The zero-order valence-electron chi connectivity index (χ0n) is 10.4. The second kappa shape index (κ2) is 4.57. The molecule has 1 N–H and O–H groups in total. The topological polar surface area (TPSA) is 24.5 Å². The van der Waals surface area contributed by atoms with E-state index in [0.717, 1.165) is 25.3 Å². The van der Waals surface area contributed by atoms with Crippen LogP contribution in [-0.4, -0.2) is 37.7 Å². The summed E-state index contributed by atoms with van der Waals surface area (Å²) in [6.07, 6.45) is 3.69. The third-order valence-corrected chi connectivity index (χ3v) is 3.91. The lowest BCUT2D eigenvalue weighted by Crippen LogP contribution is -2.30.